The summed E-state index contributed by atoms with van der Waals surface area (Å²) in [6.45, 7) is 0. The van der Waals surface area contributed by atoms with Crippen molar-refractivity contribution in [2.45, 2.75) is 5.41 Å². The van der Waals surface area contributed by atoms with E-state index in [-0.39, 0.29) is 0 Å². The van der Waals surface area contributed by atoms with Gasteiger partial charge in [0.1, 0.15) is 11.2 Å². The number of rotatable bonds is 7. The molecule has 3 nitrogen and oxygen atoms in total. The molecule has 11 aromatic rings. The van der Waals surface area contributed by atoms with Gasteiger partial charge in [0.25, 0.3) is 0 Å². The number of para-hydroxylation sites is 1. The van der Waals surface area contributed by atoms with Crippen molar-refractivity contribution in [2.75, 3.05) is 0 Å². The highest BCUT2D eigenvalue weighted by Gasteiger charge is 2.45. The minimum atomic E-state index is -0.454. The van der Waals surface area contributed by atoms with E-state index in [2.05, 4.69) is 200 Å². The third kappa shape index (κ3) is 5.74. The molecule has 0 radical (unpaired) electrons. The maximum absolute atomic E-state index is 6.18. The second kappa shape index (κ2) is 14.5. The summed E-state index contributed by atoms with van der Waals surface area (Å²) in [5, 5.41) is 2.21. The van der Waals surface area contributed by atoms with Gasteiger partial charge in [-0.2, -0.15) is 0 Å². The van der Waals surface area contributed by atoms with Crippen LogP contribution in [0.5, 0.6) is 0 Å². The number of hydrogen-bond donors (Lipinski definition) is 0. The number of aromatic nitrogens is 2. The Morgan fingerprint density at radius 3 is 1.61 bits per heavy atom. The molecule has 1 aliphatic carbocycles. The third-order valence-corrected chi connectivity index (χ3v) is 12.6. The van der Waals surface area contributed by atoms with Crippen LogP contribution in [0.15, 0.2) is 235 Å². The van der Waals surface area contributed by atoms with Gasteiger partial charge in [0, 0.05) is 27.5 Å². The van der Waals surface area contributed by atoms with E-state index in [9.17, 15) is 0 Å². The summed E-state index contributed by atoms with van der Waals surface area (Å²) in [4.78, 5) is 10.4. The number of benzene rings is 9. The first-order chi connectivity index (χ1) is 30.7. The molecule has 0 amide bonds. The summed E-state index contributed by atoms with van der Waals surface area (Å²) in [5.74, 6) is 0.685. The lowest BCUT2D eigenvalue weighted by molar-refractivity contribution is 0.669. The van der Waals surface area contributed by atoms with Crippen molar-refractivity contribution < 1.29 is 4.42 Å². The lowest BCUT2D eigenvalue weighted by Crippen LogP contribution is -2.28. The molecule has 0 spiro atoms. The minimum absolute atomic E-state index is 0.454. The van der Waals surface area contributed by atoms with Crippen LogP contribution in [-0.2, 0) is 5.41 Å². The molecule has 2 heterocycles. The summed E-state index contributed by atoms with van der Waals surface area (Å²) in [6.07, 6.45) is 0. The summed E-state index contributed by atoms with van der Waals surface area (Å²) in [6, 6.07) is 82.3. The molecule has 0 atom stereocenters. The van der Waals surface area contributed by atoms with Gasteiger partial charge in [-0.25, -0.2) is 9.97 Å². The molecular formula is C59H38N2O. The van der Waals surface area contributed by atoms with E-state index in [4.69, 9.17) is 14.4 Å². The molecular weight excluding hydrogens is 753 g/mol. The molecule has 12 rings (SSSR count). The van der Waals surface area contributed by atoms with Gasteiger partial charge in [-0.1, -0.05) is 200 Å². The molecule has 0 unspecified atom stereocenters. The Kier molecular flexibility index (Phi) is 8.39. The van der Waals surface area contributed by atoms with Crippen LogP contribution in [0.1, 0.15) is 22.3 Å². The zero-order valence-electron chi connectivity index (χ0n) is 33.7. The number of nitrogens with zero attached hydrogens (tertiary/aromatic N) is 2. The number of hydrogen-bond acceptors (Lipinski definition) is 3. The molecule has 9 aromatic carbocycles. The van der Waals surface area contributed by atoms with Gasteiger partial charge in [0.2, 0.25) is 0 Å². The maximum Gasteiger partial charge on any atom is 0.160 e. The number of fused-ring (bicyclic) bond motifs is 6. The molecule has 3 heteroatoms. The summed E-state index contributed by atoms with van der Waals surface area (Å²) in [5.41, 5.74) is 18.3. The predicted octanol–water partition coefficient (Wildman–Crippen LogP) is 15.1. The first-order valence-corrected chi connectivity index (χ1v) is 21.1. The fourth-order valence-electron chi connectivity index (χ4n) is 9.78. The van der Waals surface area contributed by atoms with Crippen molar-refractivity contribution in [2.24, 2.45) is 0 Å². The van der Waals surface area contributed by atoms with Crippen LogP contribution < -0.4 is 0 Å². The fraction of sp³-hybridized carbons (Fsp3) is 0.0169. The fourth-order valence-corrected chi connectivity index (χ4v) is 9.78. The monoisotopic (exact) mass is 790 g/mol. The largest absolute Gasteiger partial charge is 0.456 e. The maximum atomic E-state index is 6.18. The van der Waals surface area contributed by atoms with Crippen LogP contribution >= 0.6 is 0 Å². The quantitative estimate of drug-likeness (QED) is 0.161. The molecule has 1 aliphatic rings. The van der Waals surface area contributed by atoms with E-state index in [0.717, 1.165) is 72.3 Å². The van der Waals surface area contributed by atoms with Gasteiger partial charge < -0.3 is 4.42 Å². The lowest BCUT2D eigenvalue weighted by Gasteiger charge is -2.34. The zero-order chi connectivity index (χ0) is 41.0. The van der Waals surface area contributed by atoms with Crippen LogP contribution in [0.25, 0.3) is 89.2 Å². The van der Waals surface area contributed by atoms with Crippen molar-refractivity contribution in [1.82, 2.24) is 9.97 Å². The Hall–Kier alpha value is -8.14. The Bertz CT molecular complexity index is 3410. The van der Waals surface area contributed by atoms with Crippen molar-refractivity contribution >= 4 is 21.9 Å². The molecule has 0 fully saturated rings. The highest BCUT2D eigenvalue weighted by Crippen LogP contribution is 2.56. The van der Waals surface area contributed by atoms with Crippen LogP contribution in [0.3, 0.4) is 0 Å². The molecule has 0 N–H and O–H groups in total. The van der Waals surface area contributed by atoms with E-state index >= 15 is 0 Å². The molecule has 62 heavy (non-hydrogen) atoms. The van der Waals surface area contributed by atoms with Gasteiger partial charge in [-0.05, 0) is 86.0 Å². The van der Waals surface area contributed by atoms with Crippen molar-refractivity contribution in [3.8, 4) is 67.3 Å². The molecule has 0 saturated heterocycles. The van der Waals surface area contributed by atoms with Crippen LogP contribution in [0.2, 0.25) is 0 Å². The highest BCUT2D eigenvalue weighted by atomic mass is 16.3. The highest BCUT2D eigenvalue weighted by molar-refractivity contribution is 6.06. The number of furan rings is 1. The predicted molar refractivity (Wildman–Crippen MR) is 254 cm³/mol. The first kappa shape index (κ1) is 35.8. The average molecular weight is 791 g/mol. The SMILES string of the molecule is c1ccc(-c2nc(-c3ccc(-c4cccc(C5(c6ccccc6)c6ccccc6-c6ccccc65)c4)cc3)cc(-c3ccccc3-c3ccc4oc5ccccc5c4c3)n2)cc1. The normalized spacial score (nSPS) is 12.6. The van der Waals surface area contributed by atoms with Gasteiger partial charge in [0.15, 0.2) is 5.82 Å². The smallest absolute Gasteiger partial charge is 0.160 e. The van der Waals surface area contributed by atoms with Gasteiger partial charge in [-0.15, -0.1) is 0 Å². The van der Waals surface area contributed by atoms with E-state index in [0.29, 0.717) is 5.82 Å². The Balaban J connectivity index is 0.961. The van der Waals surface area contributed by atoms with Crippen molar-refractivity contribution in [3.05, 3.63) is 253 Å². The average Bonchev–Trinajstić information content (AvgIpc) is 3.88. The Morgan fingerprint density at radius 1 is 0.306 bits per heavy atom. The molecule has 290 valence electrons. The van der Waals surface area contributed by atoms with Gasteiger partial charge in [-0.3, -0.25) is 0 Å². The van der Waals surface area contributed by atoms with Crippen molar-refractivity contribution in [3.63, 3.8) is 0 Å². The van der Waals surface area contributed by atoms with E-state index in [1.165, 1.54) is 33.4 Å². The Morgan fingerprint density at radius 2 is 0.855 bits per heavy atom. The topological polar surface area (TPSA) is 38.9 Å². The van der Waals surface area contributed by atoms with Gasteiger partial charge in [0.05, 0.1) is 16.8 Å². The first-order valence-electron chi connectivity index (χ1n) is 21.1. The third-order valence-electron chi connectivity index (χ3n) is 12.6. The van der Waals surface area contributed by atoms with Crippen LogP contribution in [0, 0.1) is 0 Å². The van der Waals surface area contributed by atoms with Gasteiger partial charge >= 0.3 is 0 Å². The Labute approximate surface area is 360 Å². The standard InChI is InChI=1S/C59H38N2O/c1-3-16-41(17-4-1)58-60-54(38-55(61-58)49-25-8-7-22-46(49)43-34-35-57-51(37-43)50-26-11-14-29-56(50)62-57)40-32-30-39(31-33-40)42-18-15-21-45(36-42)59(44-19-5-2-6-20-44)52-27-12-9-23-47(52)48-24-10-13-28-53(48)59/h1-38H. The van der Waals surface area contributed by atoms with Crippen LogP contribution in [-0.4, -0.2) is 9.97 Å². The minimum Gasteiger partial charge on any atom is -0.456 e. The molecule has 0 bridgehead atoms. The summed E-state index contributed by atoms with van der Waals surface area (Å²) < 4.78 is 6.18. The molecule has 0 aliphatic heterocycles. The second-order valence-electron chi connectivity index (χ2n) is 16.0. The van der Waals surface area contributed by atoms with Crippen LogP contribution in [0.4, 0.5) is 0 Å². The van der Waals surface area contributed by atoms with E-state index in [1.54, 1.807) is 0 Å². The molecule has 0 saturated carbocycles. The zero-order valence-corrected chi connectivity index (χ0v) is 33.7. The van der Waals surface area contributed by atoms with Crippen molar-refractivity contribution in [1.29, 1.82) is 0 Å². The molecule has 2 aromatic heterocycles. The van der Waals surface area contributed by atoms with E-state index < -0.39 is 5.41 Å². The van der Waals surface area contributed by atoms with E-state index in [1.807, 2.05) is 30.3 Å². The lowest BCUT2D eigenvalue weighted by atomic mass is 9.67. The summed E-state index contributed by atoms with van der Waals surface area (Å²) >= 11 is 0. The second-order valence-corrected chi connectivity index (χ2v) is 16.0. The summed E-state index contributed by atoms with van der Waals surface area (Å²) in [7, 11) is 0.